The van der Waals surface area contributed by atoms with Gasteiger partial charge in [-0.1, -0.05) is 0 Å². The van der Waals surface area contributed by atoms with E-state index in [0.717, 1.165) is 28.3 Å². The quantitative estimate of drug-likeness (QED) is 0.746. The summed E-state index contributed by atoms with van der Waals surface area (Å²) in [5, 5.41) is 11.9. The number of nitrogens with one attached hydrogen (secondary N) is 1. The Morgan fingerprint density at radius 3 is 2.65 bits per heavy atom. The number of nitrogens with zero attached hydrogens (tertiary/aromatic N) is 5. The van der Waals surface area contributed by atoms with Gasteiger partial charge in [0.25, 0.3) is 0 Å². The van der Waals surface area contributed by atoms with Crippen LogP contribution < -0.4 is 0 Å². The minimum atomic E-state index is -3.01. The highest BCUT2D eigenvalue weighted by Gasteiger charge is 2.32. The molecule has 0 aromatic carbocycles. The molecule has 1 aliphatic heterocycles. The lowest BCUT2D eigenvalue weighted by atomic mass is 10.1. The standard InChI is InChI=1S/C17H20N6O2S/c1-11-15(12(2)21-20-11)9-16-19-17(13-3-6-18-7-4-13)22-23(16)14-5-8-26(24,25)10-14/h3-4,6-7,14H,5,8-10H2,1-2H3,(H,20,21). The average Bonchev–Trinajstić information content (AvgIpc) is 3.29. The van der Waals surface area contributed by atoms with Gasteiger partial charge < -0.3 is 0 Å². The number of H-pyrrole nitrogens is 1. The van der Waals surface area contributed by atoms with Gasteiger partial charge in [0.2, 0.25) is 0 Å². The van der Waals surface area contributed by atoms with E-state index in [-0.39, 0.29) is 17.5 Å². The Morgan fingerprint density at radius 2 is 2.04 bits per heavy atom. The van der Waals surface area contributed by atoms with Gasteiger partial charge >= 0.3 is 0 Å². The molecule has 1 aliphatic rings. The van der Waals surface area contributed by atoms with Crippen molar-refractivity contribution in [2.75, 3.05) is 11.5 Å². The lowest BCUT2D eigenvalue weighted by Crippen LogP contribution is -2.16. The second-order valence-electron chi connectivity index (χ2n) is 6.68. The van der Waals surface area contributed by atoms with Crippen molar-refractivity contribution in [2.45, 2.75) is 32.7 Å². The first-order valence-electron chi connectivity index (χ1n) is 8.49. The molecule has 4 rings (SSSR count). The third-order valence-corrected chi connectivity index (χ3v) is 6.56. The van der Waals surface area contributed by atoms with E-state index in [9.17, 15) is 8.42 Å². The maximum atomic E-state index is 11.9. The molecule has 4 heterocycles. The first kappa shape index (κ1) is 16.9. The molecule has 8 nitrogen and oxygen atoms in total. The molecule has 0 bridgehead atoms. The van der Waals surface area contributed by atoms with Crippen molar-refractivity contribution < 1.29 is 8.42 Å². The molecule has 0 saturated carbocycles. The molecule has 9 heteroatoms. The second kappa shape index (κ2) is 6.31. The fourth-order valence-electron chi connectivity index (χ4n) is 3.35. The zero-order valence-corrected chi connectivity index (χ0v) is 15.5. The third kappa shape index (κ3) is 3.14. The Hall–Kier alpha value is -2.55. The number of aromatic nitrogens is 6. The molecule has 1 saturated heterocycles. The predicted octanol–water partition coefficient (Wildman–Crippen LogP) is 1.63. The second-order valence-corrected chi connectivity index (χ2v) is 8.91. The Balaban J connectivity index is 1.77. The van der Waals surface area contributed by atoms with Crippen molar-refractivity contribution in [1.29, 1.82) is 0 Å². The first-order valence-corrected chi connectivity index (χ1v) is 10.3. The van der Waals surface area contributed by atoms with Crippen LogP contribution in [0.4, 0.5) is 0 Å². The molecule has 136 valence electrons. The summed E-state index contributed by atoms with van der Waals surface area (Å²) >= 11 is 0. The fraction of sp³-hybridized carbons (Fsp3) is 0.412. The smallest absolute Gasteiger partial charge is 0.181 e. The summed E-state index contributed by atoms with van der Waals surface area (Å²) in [7, 11) is -3.01. The van der Waals surface area contributed by atoms with Crippen molar-refractivity contribution in [3.63, 3.8) is 0 Å². The maximum absolute atomic E-state index is 11.9. The van der Waals surface area contributed by atoms with Crippen LogP contribution in [0.2, 0.25) is 0 Å². The minimum absolute atomic E-state index is 0.114. The Kier molecular flexibility index (Phi) is 4.10. The predicted molar refractivity (Wildman–Crippen MR) is 96.4 cm³/mol. The lowest BCUT2D eigenvalue weighted by molar-refractivity contribution is 0.481. The Bertz CT molecular complexity index is 1020. The largest absolute Gasteiger partial charge is 0.282 e. The summed E-state index contributed by atoms with van der Waals surface area (Å²) in [5.74, 6) is 1.66. The minimum Gasteiger partial charge on any atom is -0.282 e. The molecule has 3 aromatic heterocycles. The van der Waals surface area contributed by atoms with Gasteiger partial charge in [-0.15, -0.1) is 0 Å². The number of aromatic amines is 1. The maximum Gasteiger partial charge on any atom is 0.181 e. The first-order chi connectivity index (χ1) is 12.4. The highest BCUT2D eigenvalue weighted by atomic mass is 32.2. The summed E-state index contributed by atoms with van der Waals surface area (Å²) in [6.07, 6.45) is 4.51. The van der Waals surface area contributed by atoms with Gasteiger partial charge in [0.1, 0.15) is 5.82 Å². The normalized spacial score (nSPS) is 19.1. The van der Waals surface area contributed by atoms with Crippen LogP contribution >= 0.6 is 0 Å². The molecule has 0 spiro atoms. The van der Waals surface area contributed by atoms with E-state index in [1.807, 2.05) is 26.0 Å². The van der Waals surface area contributed by atoms with Crippen LogP contribution in [0.1, 0.15) is 35.2 Å². The van der Waals surface area contributed by atoms with E-state index in [1.165, 1.54) is 0 Å². The van der Waals surface area contributed by atoms with E-state index in [4.69, 9.17) is 4.98 Å². The SMILES string of the molecule is Cc1n[nH]c(C)c1Cc1nc(-c2ccncc2)nn1C1CCS(=O)(=O)C1. The molecule has 1 N–H and O–H groups in total. The van der Waals surface area contributed by atoms with Crippen LogP contribution in [0.5, 0.6) is 0 Å². The molecule has 1 atom stereocenters. The summed E-state index contributed by atoms with van der Waals surface area (Å²) < 4.78 is 25.7. The molecule has 26 heavy (non-hydrogen) atoms. The molecule has 0 radical (unpaired) electrons. The summed E-state index contributed by atoms with van der Waals surface area (Å²) in [5.41, 5.74) is 3.84. The molecule has 1 unspecified atom stereocenters. The van der Waals surface area contributed by atoms with Gasteiger partial charge in [0.15, 0.2) is 15.7 Å². The zero-order valence-electron chi connectivity index (χ0n) is 14.7. The number of aryl methyl sites for hydroxylation is 2. The third-order valence-electron chi connectivity index (χ3n) is 4.81. The highest BCUT2D eigenvalue weighted by molar-refractivity contribution is 7.91. The van der Waals surface area contributed by atoms with E-state index in [0.29, 0.717) is 18.7 Å². The summed E-state index contributed by atoms with van der Waals surface area (Å²) in [6.45, 7) is 3.92. The van der Waals surface area contributed by atoms with Gasteiger partial charge in [-0.05, 0) is 32.4 Å². The number of sulfone groups is 1. The van der Waals surface area contributed by atoms with Crippen molar-refractivity contribution in [3.05, 3.63) is 47.3 Å². The van der Waals surface area contributed by atoms with Crippen LogP contribution in [-0.4, -0.2) is 49.9 Å². The van der Waals surface area contributed by atoms with Gasteiger partial charge in [0.05, 0.1) is 23.2 Å². The number of hydrogen-bond donors (Lipinski definition) is 1. The fourth-order valence-corrected chi connectivity index (χ4v) is 5.04. The number of pyridine rings is 1. The molecular formula is C17H20N6O2S. The average molecular weight is 372 g/mol. The van der Waals surface area contributed by atoms with Crippen molar-refractivity contribution in [1.82, 2.24) is 29.9 Å². The van der Waals surface area contributed by atoms with Crippen molar-refractivity contribution in [3.8, 4) is 11.4 Å². The van der Waals surface area contributed by atoms with Gasteiger partial charge in [-0.25, -0.2) is 18.1 Å². The Morgan fingerprint density at radius 1 is 1.27 bits per heavy atom. The molecule has 0 aliphatic carbocycles. The lowest BCUT2D eigenvalue weighted by Gasteiger charge is -2.11. The van der Waals surface area contributed by atoms with Gasteiger partial charge in [-0.3, -0.25) is 10.1 Å². The Labute approximate surface area is 151 Å². The van der Waals surface area contributed by atoms with Crippen LogP contribution in [-0.2, 0) is 16.3 Å². The molecule has 0 amide bonds. The van der Waals surface area contributed by atoms with E-state index < -0.39 is 9.84 Å². The number of rotatable bonds is 4. The summed E-state index contributed by atoms with van der Waals surface area (Å²) in [6, 6.07) is 3.53. The monoisotopic (exact) mass is 372 g/mol. The van der Waals surface area contributed by atoms with Crippen molar-refractivity contribution in [2.24, 2.45) is 0 Å². The van der Waals surface area contributed by atoms with Gasteiger partial charge in [-0.2, -0.15) is 10.2 Å². The van der Waals surface area contributed by atoms with E-state index >= 15 is 0 Å². The van der Waals surface area contributed by atoms with Crippen LogP contribution in [0.3, 0.4) is 0 Å². The van der Waals surface area contributed by atoms with E-state index in [1.54, 1.807) is 17.1 Å². The molecule has 1 fully saturated rings. The van der Waals surface area contributed by atoms with E-state index in [2.05, 4.69) is 20.3 Å². The zero-order chi connectivity index (χ0) is 18.3. The highest BCUT2D eigenvalue weighted by Crippen LogP contribution is 2.27. The van der Waals surface area contributed by atoms with Crippen LogP contribution in [0.25, 0.3) is 11.4 Å². The van der Waals surface area contributed by atoms with Crippen molar-refractivity contribution >= 4 is 9.84 Å². The van der Waals surface area contributed by atoms with Crippen LogP contribution in [0, 0.1) is 13.8 Å². The van der Waals surface area contributed by atoms with Crippen LogP contribution in [0.15, 0.2) is 24.5 Å². The molecular weight excluding hydrogens is 352 g/mol. The topological polar surface area (TPSA) is 106 Å². The number of hydrogen-bond acceptors (Lipinski definition) is 6. The summed E-state index contributed by atoms with van der Waals surface area (Å²) in [4.78, 5) is 8.74. The van der Waals surface area contributed by atoms with Gasteiger partial charge in [0, 0.05) is 35.6 Å². The molecule has 3 aromatic rings.